The number of hydrogen-bond acceptors (Lipinski definition) is 6. The Morgan fingerprint density at radius 3 is 2.38 bits per heavy atom. The second-order valence-corrected chi connectivity index (χ2v) is 11.9. The van der Waals surface area contributed by atoms with Crippen LogP contribution >= 0.6 is 0 Å². The molecule has 0 saturated carbocycles. The maximum atomic E-state index is 14.2. The van der Waals surface area contributed by atoms with E-state index in [-0.39, 0.29) is 30.0 Å². The lowest BCUT2D eigenvalue weighted by Gasteiger charge is -2.38. The molecule has 1 aliphatic rings. The molecule has 3 amide bonds. The molecule has 248 valence electrons. The van der Waals surface area contributed by atoms with E-state index in [0.717, 1.165) is 36.6 Å². The highest BCUT2D eigenvalue weighted by Crippen LogP contribution is 2.19. The van der Waals surface area contributed by atoms with Crippen molar-refractivity contribution in [2.45, 2.75) is 64.8 Å². The summed E-state index contributed by atoms with van der Waals surface area (Å²) in [4.78, 5) is 44.0. The number of carbonyl (C=O) groups excluding carboxylic acids is 3. The first kappa shape index (κ1) is 35.2. The lowest BCUT2D eigenvalue weighted by molar-refractivity contribution is -0.140. The second kappa shape index (κ2) is 16.3. The van der Waals surface area contributed by atoms with Gasteiger partial charge in [-0.25, -0.2) is 8.78 Å². The molecule has 1 heterocycles. The zero-order chi connectivity index (χ0) is 34.1. The molecule has 0 aromatic heterocycles. The van der Waals surface area contributed by atoms with E-state index in [0.29, 0.717) is 42.9 Å². The van der Waals surface area contributed by atoms with Gasteiger partial charge in [-0.3, -0.25) is 14.4 Å². The average molecular weight is 646 g/mol. The highest BCUT2D eigenvalue weighted by molar-refractivity contribution is 6.00. The van der Waals surface area contributed by atoms with Gasteiger partial charge in [0.1, 0.15) is 17.7 Å². The quantitative estimate of drug-likeness (QED) is 0.257. The minimum absolute atomic E-state index is 0.172. The van der Waals surface area contributed by atoms with E-state index in [1.807, 2.05) is 13.8 Å². The predicted molar refractivity (Wildman–Crippen MR) is 173 cm³/mol. The number of nitrogens with zero attached hydrogens (tertiary/aromatic N) is 3. The number of aliphatic hydroxyl groups is 1. The van der Waals surface area contributed by atoms with Crippen LogP contribution in [0.25, 0.3) is 0 Å². The molecule has 3 N–H and O–H groups in total. The highest BCUT2D eigenvalue weighted by Gasteiger charge is 2.38. The number of aliphatic hydroxyl groups excluding tert-OH is 1. The van der Waals surface area contributed by atoms with Crippen LogP contribution in [0.5, 0.6) is 0 Å². The molecule has 0 spiro atoms. The molecule has 4 rings (SSSR count). The van der Waals surface area contributed by atoms with Crippen LogP contribution < -0.4 is 10.6 Å². The molecule has 0 radical (unpaired) electrons. The number of benzene rings is 3. The van der Waals surface area contributed by atoms with Crippen LogP contribution in [0.1, 0.15) is 69.7 Å². The number of nitrogens with one attached hydrogen (secondary N) is 2. The van der Waals surface area contributed by atoms with Gasteiger partial charge < -0.3 is 25.5 Å². The van der Waals surface area contributed by atoms with Crippen LogP contribution in [-0.4, -0.2) is 77.0 Å². The Labute approximate surface area is 274 Å². The summed E-state index contributed by atoms with van der Waals surface area (Å²) in [6.45, 7) is 7.78. The molecule has 3 aromatic rings. The van der Waals surface area contributed by atoms with Crippen molar-refractivity contribution in [1.29, 1.82) is 5.26 Å². The topological polar surface area (TPSA) is 126 Å². The number of carbonyl (C=O) groups is 3. The van der Waals surface area contributed by atoms with Crippen molar-refractivity contribution in [3.63, 3.8) is 0 Å². The summed E-state index contributed by atoms with van der Waals surface area (Å²) in [5.41, 5.74) is 2.58. The third-order valence-electron chi connectivity index (χ3n) is 8.06. The smallest absolute Gasteiger partial charge is 0.253 e. The molecular weight excluding hydrogens is 604 g/mol. The van der Waals surface area contributed by atoms with Crippen LogP contribution in [-0.2, 0) is 17.8 Å². The van der Waals surface area contributed by atoms with E-state index in [1.54, 1.807) is 53.1 Å². The van der Waals surface area contributed by atoms with Gasteiger partial charge in [0, 0.05) is 49.9 Å². The fourth-order valence-electron chi connectivity index (χ4n) is 5.93. The number of amides is 3. The molecule has 0 aliphatic carbocycles. The Hall–Kier alpha value is -4.66. The molecule has 1 saturated heterocycles. The van der Waals surface area contributed by atoms with Crippen LogP contribution in [0.15, 0.2) is 60.7 Å². The minimum atomic E-state index is -1.50. The van der Waals surface area contributed by atoms with Gasteiger partial charge in [-0.15, -0.1) is 0 Å². The largest absolute Gasteiger partial charge is 0.389 e. The summed E-state index contributed by atoms with van der Waals surface area (Å²) >= 11 is 0. The van der Waals surface area contributed by atoms with E-state index in [2.05, 4.69) is 16.7 Å². The summed E-state index contributed by atoms with van der Waals surface area (Å²) < 4.78 is 28.3. The predicted octanol–water partition coefficient (Wildman–Crippen LogP) is 4.11. The molecule has 9 nitrogen and oxygen atoms in total. The normalized spacial score (nSPS) is 15.9. The molecular formula is C36H41F2N5O4. The van der Waals surface area contributed by atoms with Crippen LogP contribution in [0.4, 0.5) is 8.78 Å². The maximum Gasteiger partial charge on any atom is 0.253 e. The number of piperazine rings is 1. The van der Waals surface area contributed by atoms with Crippen LogP contribution in [0.2, 0.25) is 0 Å². The van der Waals surface area contributed by atoms with E-state index in [1.165, 1.54) is 6.07 Å². The first-order chi connectivity index (χ1) is 22.5. The van der Waals surface area contributed by atoms with Crippen molar-refractivity contribution < 1.29 is 28.3 Å². The Morgan fingerprint density at radius 2 is 1.72 bits per heavy atom. The summed E-state index contributed by atoms with van der Waals surface area (Å²) in [6.07, 6.45) is -0.122. The second-order valence-electron chi connectivity index (χ2n) is 11.9. The Balaban J connectivity index is 1.61. The maximum absolute atomic E-state index is 14.2. The van der Waals surface area contributed by atoms with Crippen molar-refractivity contribution in [3.05, 3.63) is 106 Å². The molecule has 3 atom stereocenters. The molecule has 1 fully saturated rings. The Bertz CT molecular complexity index is 1620. The average Bonchev–Trinajstić information content (AvgIpc) is 3.04. The lowest BCUT2D eigenvalue weighted by Crippen LogP contribution is -2.63. The number of halogens is 2. The van der Waals surface area contributed by atoms with Crippen molar-refractivity contribution >= 4 is 17.7 Å². The fourth-order valence-corrected chi connectivity index (χ4v) is 5.93. The van der Waals surface area contributed by atoms with Crippen LogP contribution in [0, 0.1) is 29.9 Å². The van der Waals surface area contributed by atoms with Gasteiger partial charge in [0.15, 0.2) is 0 Å². The fraction of sp³-hybridized carbons (Fsp3) is 0.389. The van der Waals surface area contributed by atoms with Gasteiger partial charge in [0.25, 0.3) is 11.8 Å². The molecule has 0 bridgehead atoms. The monoisotopic (exact) mass is 645 g/mol. The third-order valence-corrected chi connectivity index (χ3v) is 8.06. The standard InChI is InChI=1S/C36H41F2N5O4/c1-4-10-42(11-5-2)35(46)28-14-23(3)13-27(19-28)34(45)41-31(18-26-16-29(37)20-30(38)17-26)33(44)32-36(47)43(12-9-40-32)22-25-8-6-7-24(15-25)21-39/h6-8,13-17,19-20,31-33,40,44H,4-5,9-12,18,22H2,1-3H3,(H,41,45)/t31-,32-,33+/m0/s1. The summed E-state index contributed by atoms with van der Waals surface area (Å²) in [5, 5.41) is 26.7. The van der Waals surface area contributed by atoms with E-state index >= 15 is 0 Å². The van der Waals surface area contributed by atoms with Crippen molar-refractivity contribution in [2.24, 2.45) is 0 Å². The first-order valence-corrected chi connectivity index (χ1v) is 15.9. The van der Waals surface area contributed by atoms with Crippen molar-refractivity contribution in [3.8, 4) is 6.07 Å². The number of aryl methyl sites for hydroxylation is 1. The van der Waals surface area contributed by atoms with Crippen LogP contribution in [0.3, 0.4) is 0 Å². The zero-order valence-corrected chi connectivity index (χ0v) is 26.9. The van der Waals surface area contributed by atoms with Crippen molar-refractivity contribution in [1.82, 2.24) is 20.4 Å². The Kier molecular flexibility index (Phi) is 12.2. The van der Waals surface area contributed by atoms with E-state index in [4.69, 9.17) is 0 Å². The lowest BCUT2D eigenvalue weighted by atomic mass is 9.93. The molecule has 1 aliphatic heterocycles. The summed E-state index contributed by atoms with van der Waals surface area (Å²) in [7, 11) is 0. The highest BCUT2D eigenvalue weighted by atomic mass is 19.1. The third kappa shape index (κ3) is 9.21. The van der Waals surface area contributed by atoms with E-state index < -0.39 is 41.6 Å². The van der Waals surface area contributed by atoms with Gasteiger partial charge in [-0.1, -0.05) is 26.0 Å². The van der Waals surface area contributed by atoms with Gasteiger partial charge in [0.05, 0.1) is 23.8 Å². The SMILES string of the molecule is CCCN(CCC)C(=O)c1cc(C)cc(C(=O)N[C@@H](Cc2cc(F)cc(F)c2)[C@@H](O)[C@@H]2NCCN(Cc3cccc(C#N)c3)C2=O)c1. The Morgan fingerprint density at radius 1 is 1.04 bits per heavy atom. The minimum Gasteiger partial charge on any atom is -0.389 e. The van der Waals surface area contributed by atoms with Crippen molar-refractivity contribution in [2.75, 3.05) is 26.2 Å². The summed E-state index contributed by atoms with van der Waals surface area (Å²) in [6, 6.07) is 14.4. The van der Waals surface area contributed by atoms with E-state index in [9.17, 15) is 33.5 Å². The van der Waals surface area contributed by atoms with Gasteiger partial charge in [-0.2, -0.15) is 5.26 Å². The summed E-state index contributed by atoms with van der Waals surface area (Å²) in [5.74, 6) is -2.87. The van der Waals surface area contributed by atoms with Gasteiger partial charge >= 0.3 is 0 Å². The zero-order valence-electron chi connectivity index (χ0n) is 26.9. The molecule has 3 aromatic carbocycles. The van der Waals surface area contributed by atoms with Gasteiger partial charge in [0.2, 0.25) is 5.91 Å². The molecule has 47 heavy (non-hydrogen) atoms. The first-order valence-electron chi connectivity index (χ1n) is 15.9. The number of nitriles is 1. The molecule has 0 unspecified atom stereocenters. The molecule has 11 heteroatoms. The number of rotatable bonds is 13. The number of hydrogen-bond donors (Lipinski definition) is 3. The van der Waals surface area contributed by atoms with Gasteiger partial charge in [-0.05, 0) is 85.3 Å².